The van der Waals surface area contributed by atoms with E-state index in [0.717, 1.165) is 5.56 Å². The van der Waals surface area contributed by atoms with E-state index in [9.17, 15) is 8.42 Å². The molecule has 0 bridgehead atoms. The molecule has 0 spiro atoms. The fourth-order valence-electron chi connectivity index (χ4n) is 1.93. The zero-order valence-corrected chi connectivity index (χ0v) is 12.4. The van der Waals surface area contributed by atoms with Gasteiger partial charge in [0.15, 0.2) is 0 Å². The first-order chi connectivity index (χ1) is 7.91. The van der Waals surface area contributed by atoms with Crippen molar-refractivity contribution in [3.8, 4) is 0 Å². The van der Waals surface area contributed by atoms with Crippen molar-refractivity contribution in [2.75, 3.05) is 13.1 Å². The number of nitrogens with zero attached hydrogens (tertiary/aromatic N) is 1. The maximum atomic E-state index is 12.3. The molecule has 1 aromatic carbocycles. The number of benzene rings is 1. The number of aryl methyl sites for hydroxylation is 1. The van der Waals surface area contributed by atoms with Gasteiger partial charge in [-0.25, -0.2) is 8.42 Å². The summed E-state index contributed by atoms with van der Waals surface area (Å²) in [5.41, 5.74) is 6.66. The van der Waals surface area contributed by atoms with E-state index in [4.69, 9.17) is 17.3 Å². The van der Waals surface area contributed by atoms with Gasteiger partial charge in [0.25, 0.3) is 0 Å². The summed E-state index contributed by atoms with van der Waals surface area (Å²) in [6.45, 7) is 2.70. The number of nitrogens with two attached hydrogens (primary N) is 1. The summed E-state index contributed by atoms with van der Waals surface area (Å²) >= 11 is 5.99. The molecule has 2 N–H and O–H groups in total. The molecule has 0 aromatic heterocycles. The quantitative estimate of drug-likeness (QED) is 0.906. The first-order valence-corrected chi connectivity index (χ1v) is 7.25. The molecule has 18 heavy (non-hydrogen) atoms. The maximum Gasteiger partial charge on any atom is 0.244 e. The lowest BCUT2D eigenvalue weighted by Gasteiger charge is -2.17. The van der Waals surface area contributed by atoms with Crippen LogP contribution in [0.4, 0.5) is 0 Å². The van der Waals surface area contributed by atoms with Gasteiger partial charge in [-0.05, 0) is 31.0 Å². The molecular formula is C11H16Cl2N2O2S. The molecule has 102 valence electrons. The van der Waals surface area contributed by atoms with Crippen LogP contribution < -0.4 is 5.73 Å². The van der Waals surface area contributed by atoms with Gasteiger partial charge < -0.3 is 5.73 Å². The lowest BCUT2D eigenvalue weighted by molar-refractivity contribution is 0.472. The van der Waals surface area contributed by atoms with Crippen LogP contribution in [0.1, 0.15) is 12.0 Å². The average Bonchev–Trinajstić information content (AvgIpc) is 2.64. The second-order valence-corrected chi connectivity index (χ2v) is 6.66. The van der Waals surface area contributed by atoms with Crippen molar-refractivity contribution in [1.29, 1.82) is 0 Å². The molecule has 1 aliphatic rings. The number of halogens is 2. The highest BCUT2D eigenvalue weighted by Gasteiger charge is 2.32. The van der Waals surface area contributed by atoms with Crippen LogP contribution in [0.2, 0.25) is 5.02 Å². The van der Waals surface area contributed by atoms with Gasteiger partial charge in [-0.15, -0.1) is 12.4 Å². The van der Waals surface area contributed by atoms with Gasteiger partial charge in [0, 0.05) is 19.1 Å². The van der Waals surface area contributed by atoms with E-state index in [-0.39, 0.29) is 28.4 Å². The SMILES string of the molecule is Cc1ccc(S(=O)(=O)N2CC[C@@H](N)C2)c(Cl)c1.Cl. The van der Waals surface area contributed by atoms with Gasteiger partial charge >= 0.3 is 0 Å². The van der Waals surface area contributed by atoms with Crippen LogP contribution in [0, 0.1) is 6.92 Å². The summed E-state index contributed by atoms with van der Waals surface area (Å²) in [5.74, 6) is 0. The largest absolute Gasteiger partial charge is 0.326 e. The average molecular weight is 311 g/mol. The third kappa shape index (κ3) is 2.97. The molecule has 0 radical (unpaired) electrons. The minimum atomic E-state index is -3.50. The summed E-state index contributed by atoms with van der Waals surface area (Å²) in [6.07, 6.45) is 0.697. The predicted molar refractivity (Wildman–Crippen MR) is 74.8 cm³/mol. The second-order valence-electron chi connectivity index (χ2n) is 4.35. The zero-order valence-electron chi connectivity index (χ0n) is 9.97. The Labute approximate surface area is 119 Å². The Morgan fingerprint density at radius 1 is 1.44 bits per heavy atom. The summed E-state index contributed by atoms with van der Waals surface area (Å²) < 4.78 is 26.0. The van der Waals surface area contributed by atoms with Crippen LogP contribution in [-0.4, -0.2) is 31.9 Å². The first-order valence-electron chi connectivity index (χ1n) is 5.43. The number of sulfonamides is 1. The van der Waals surface area contributed by atoms with Crippen LogP contribution in [0.25, 0.3) is 0 Å². The first kappa shape index (κ1) is 15.7. The molecule has 0 aliphatic carbocycles. The van der Waals surface area contributed by atoms with E-state index in [0.29, 0.717) is 19.5 Å². The molecule has 1 aromatic rings. The smallest absolute Gasteiger partial charge is 0.244 e. The standard InChI is InChI=1S/C11H15ClN2O2S.ClH/c1-8-2-3-11(10(12)6-8)17(15,16)14-5-4-9(13)7-14;/h2-3,6,9H,4-5,7,13H2,1H3;1H/t9-;/m1./s1. The van der Waals surface area contributed by atoms with Crippen LogP contribution in [0.5, 0.6) is 0 Å². The molecule has 1 saturated heterocycles. The van der Waals surface area contributed by atoms with E-state index in [2.05, 4.69) is 0 Å². The fourth-order valence-corrected chi connectivity index (χ4v) is 4.01. The molecule has 1 heterocycles. The minimum absolute atomic E-state index is 0. The summed E-state index contributed by atoms with van der Waals surface area (Å²) in [6, 6.07) is 4.88. The Bertz CT molecular complexity index is 534. The van der Waals surface area contributed by atoms with Crippen molar-refractivity contribution in [3.63, 3.8) is 0 Å². The Balaban J connectivity index is 0.00000162. The van der Waals surface area contributed by atoms with Gasteiger partial charge in [-0.1, -0.05) is 17.7 Å². The van der Waals surface area contributed by atoms with Crippen molar-refractivity contribution in [3.05, 3.63) is 28.8 Å². The second kappa shape index (κ2) is 5.75. The fraction of sp³-hybridized carbons (Fsp3) is 0.455. The number of hydrogen-bond acceptors (Lipinski definition) is 3. The molecule has 0 saturated carbocycles. The summed E-state index contributed by atoms with van der Waals surface area (Å²) in [5, 5.41) is 0.269. The van der Waals surface area contributed by atoms with Gasteiger partial charge in [-0.2, -0.15) is 4.31 Å². The van der Waals surface area contributed by atoms with Gasteiger partial charge in [0.2, 0.25) is 10.0 Å². The summed E-state index contributed by atoms with van der Waals surface area (Å²) in [7, 11) is -3.50. The predicted octanol–water partition coefficient (Wildman–Crippen LogP) is 1.79. The van der Waals surface area contributed by atoms with Crippen LogP contribution >= 0.6 is 24.0 Å². The molecule has 1 aliphatic heterocycles. The van der Waals surface area contributed by atoms with Crippen LogP contribution in [0.3, 0.4) is 0 Å². The molecule has 0 amide bonds. The monoisotopic (exact) mass is 310 g/mol. The van der Waals surface area contributed by atoms with Gasteiger partial charge in [-0.3, -0.25) is 0 Å². The molecular weight excluding hydrogens is 295 g/mol. The molecule has 0 unspecified atom stereocenters. The van der Waals surface area contributed by atoms with Gasteiger partial charge in [0.1, 0.15) is 4.90 Å². The van der Waals surface area contributed by atoms with Gasteiger partial charge in [0.05, 0.1) is 5.02 Å². The third-order valence-electron chi connectivity index (χ3n) is 2.89. The zero-order chi connectivity index (χ0) is 12.6. The van der Waals surface area contributed by atoms with E-state index in [1.807, 2.05) is 6.92 Å². The molecule has 7 heteroatoms. The Kier molecular flexibility index (Phi) is 5.03. The van der Waals surface area contributed by atoms with Crippen LogP contribution in [0.15, 0.2) is 23.1 Å². The van der Waals surface area contributed by atoms with Crippen molar-refractivity contribution in [2.45, 2.75) is 24.3 Å². The Morgan fingerprint density at radius 2 is 2.11 bits per heavy atom. The van der Waals surface area contributed by atoms with Crippen LogP contribution in [-0.2, 0) is 10.0 Å². The normalized spacial score (nSPS) is 20.7. The number of rotatable bonds is 2. The number of hydrogen-bond donors (Lipinski definition) is 1. The summed E-state index contributed by atoms with van der Waals surface area (Å²) in [4.78, 5) is 0.166. The molecule has 1 atom stereocenters. The van der Waals surface area contributed by atoms with Crippen molar-refractivity contribution >= 4 is 34.0 Å². The van der Waals surface area contributed by atoms with Crippen molar-refractivity contribution in [1.82, 2.24) is 4.31 Å². The maximum absolute atomic E-state index is 12.3. The lowest BCUT2D eigenvalue weighted by Crippen LogP contribution is -2.32. The highest BCUT2D eigenvalue weighted by molar-refractivity contribution is 7.89. The minimum Gasteiger partial charge on any atom is -0.326 e. The van der Waals surface area contributed by atoms with E-state index >= 15 is 0 Å². The highest BCUT2D eigenvalue weighted by Crippen LogP contribution is 2.27. The molecule has 1 fully saturated rings. The molecule has 4 nitrogen and oxygen atoms in total. The Morgan fingerprint density at radius 3 is 2.61 bits per heavy atom. The highest BCUT2D eigenvalue weighted by atomic mass is 35.5. The van der Waals surface area contributed by atoms with E-state index < -0.39 is 10.0 Å². The van der Waals surface area contributed by atoms with E-state index in [1.54, 1.807) is 18.2 Å². The lowest BCUT2D eigenvalue weighted by atomic mass is 10.2. The van der Waals surface area contributed by atoms with Crippen molar-refractivity contribution in [2.24, 2.45) is 5.73 Å². The molecule has 2 rings (SSSR count). The topological polar surface area (TPSA) is 63.4 Å². The third-order valence-corrected chi connectivity index (χ3v) is 5.24. The van der Waals surface area contributed by atoms with Crippen molar-refractivity contribution < 1.29 is 8.42 Å². The van der Waals surface area contributed by atoms with E-state index in [1.165, 1.54) is 4.31 Å². The Hall–Kier alpha value is -0.330.